The summed E-state index contributed by atoms with van der Waals surface area (Å²) < 4.78 is 0. The van der Waals surface area contributed by atoms with Crippen LogP contribution in [-0.2, 0) is 4.79 Å². The zero-order chi connectivity index (χ0) is 16.0. The normalized spacial score (nSPS) is 34.2. The van der Waals surface area contributed by atoms with Gasteiger partial charge in [0.05, 0.1) is 12.1 Å². The van der Waals surface area contributed by atoms with Crippen LogP contribution in [0.2, 0.25) is 0 Å². The van der Waals surface area contributed by atoms with Crippen molar-refractivity contribution in [2.24, 2.45) is 28.3 Å². The molecule has 4 rings (SSSR count). The molecule has 0 aliphatic heterocycles. The first-order valence-electron chi connectivity index (χ1n) is 8.63. The molecule has 3 heteroatoms. The van der Waals surface area contributed by atoms with Gasteiger partial charge >= 0.3 is 0 Å². The maximum absolute atomic E-state index is 13.3. The number of hydrogen-bond acceptors (Lipinski definition) is 3. The SMILES string of the molecule is CN(C)/N=C(/CC(=O)[C@]12CC[C@H]1[C@@H]1C=C[C@H]2C1)c1ccccc1. The van der Waals surface area contributed by atoms with Gasteiger partial charge in [-0.3, -0.25) is 4.79 Å². The molecular formula is C20H24N2O. The monoisotopic (exact) mass is 308 g/mol. The maximum atomic E-state index is 13.3. The lowest BCUT2D eigenvalue weighted by Crippen LogP contribution is -2.50. The molecule has 2 bridgehead atoms. The van der Waals surface area contributed by atoms with Gasteiger partial charge in [0.1, 0.15) is 5.78 Å². The lowest BCUT2D eigenvalue weighted by molar-refractivity contribution is -0.139. The summed E-state index contributed by atoms with van der Waals surface area (Å²) in [5.41, 5.74) is 1.88. The Labute approximate surface area is 138 Å². The predicted molar refractivity (Wildman–Crippen MR) is 92.2 cm³/mol. The molecule has 23 heavy (non-hydrogen) atoms. The van der Waals surface area contributed by atoms with Gasteiger partial charge in [0, 0.05) is 19.5 Å². The largest absolute Gasteiger partial charge is 0.303 e. The summed E-state index contributed by atoms with van der Waals surface area (Å²) in [5, 5.41) is 6.41. The van der Waals surface area contributed by atoms with Crippen LogP contribution in [0.15, 0.2) is 47.6 Å². The number of Topliss-reactive ketones (excluding diaryl/α,β-unsaturated/α-hetero) is 1. The third-order valence-electron chi connectivity index (χ3n) is 6.10. The minimum Gasteiger partial charge on any atom is -0.303 e. The van der Waals surface area contributed by atoms with E-state index >= 15 is 0 Å². The number of carbonyl (C=O) groups excluding carboxylic acids is 1. The van der Waals surface area contributed by atoms with Crippen molar-refractivity contribution in [3.63, 3.8) is 0 Å². The first-order valence-corrected chi connectivity index (χ1v) is 8.63. The zero-order valence-electron chi connectivity index (χ0n) is 13.9. The molecule has 3 nitrogen and oxygen atoms in total. The van der Waals surface area contributed by atoms with Gasteiger partial charge in [0.15, 0.2) is 0 Å². The maximum Gasteiger partial charge on any atom is 0.145 e. The number of benzene rings is 1. The van der Waals surface area contributed by atoms with E-state index in [1.54, 1.807) is 5.01 Å². The first kappa shape index (κ1) is 14.7. The molecule has 0 unspecified atom stereocenters. The third kappa shape index (κ3) is 2.17. The second kappa shape index (κ2) is 5.33. The first-order chi connectivity index (χ1) is 11.1. The van der Waals surface area contributed by atoms with Crippen LogP contribution in [0.3, 0.4) is 0 Å². The number of fused-ring (bicyclic) bond motifs is 5. The van der Waals surface area contributed by atoms with E-state index < -0.39 is 0 Å². The van der Waals surface area contributed by atoms with E-state index in [1.165, 1.54) is 12.8 Å². The second-order valence-electron chi connectivity index (χ2n) is 7.44. The van der Waals surface area contributed by atoms with E-state index in [0.717, 1.165) is 17.7 Å². The van der Waals surface area contributed by atoms with Gasteiger partial charge in [-0.05, 0) is 42.6 Å². The molecule has 0 saturated heterocycles. The number of allylic oxidation sites excluding steroid dienone is 2. The van der Waals surface area contributed by atoms with Crippen LogP contribution in [0.25, 0.3) is 0 Å². The minimum absolute atomic E-state index is 0.0682. The number of rotatable bonds is 5. The van der Waals surface area contributed by atoms with Crippen molar-refractivity contribution < 1.29 is 4.79 Å². The Bertz CT molecular complexity index is 676. The molecule has 0 radical (unpaired) electrons. The summed E-state index contributed by atoms with van der Waals surface area (Å²) in [6.07, 6.45) is 8.61. The lowest BCUT2D eigenvalue weighted by Gasteiger charge is -2.49. The van der Waals surface area contributed by atoms with Crippen LogP contribution >= 0.6 is 0 Å². The molecule has 0 amide bonds. The van der Waals surface area contributed by atoms with E-state index in [4.69, 9.17) is 0 Å². The molecule has 120 valence electrons. The number of hydrazone groups is 1. The molecule has 0 heterocycles. The molecule has 0 N–H and O–H groups in total. The predicted octanol–water partition coefficient (Wildman–Crippen LogP) is 3.51. The Morgan fingerprint density at radius 1 is 1.26 bits per heavy atom. The molecule has 4 atom stereocenters. The Balaban J connectivity index is 1.61. The molecule has 3 aliphatic rings. The molecule has 0 aromatic heterocycles. The fraction of sp³-hybridized carbons (Fsp3) is 0.500. The van der Waals surface area contributed by atoms with Gasteiger partial charge in [-0.2, -0.15) is 5.10 Å². The molecule has 2 fully saturated rings. The van der Waals surface area contributed by atoms with E-state index in [-0.39, 0.29) is 5.41 Å². The molecule has 1 aromatic carbocycles. The molecule has 0 spiro atoms. The highest BCUT2D eigenvalue weighted by molar-refractivity contribution is 6.12. The quantitative estimate of drug-likeness (QED) is 0.474. The smallest absolute Gasteiger partial charge is 0.145 e. The van der Waals surface area contributed by atoms with E-state index in [1.807, 2.05) is 44.4 Å². The van der Waals surface area contributed by atoms with Crippen LogP contribution in [0.4, 0.5) is 0 Å². The molecule has 3 aliphatic carbocycles. The Morgan fingerprint density at radius 3 is 2.65 bits per heavy atom. The van der Waals surface area contributed by atoms with E-state index in [0.29, 0.717) is 30.0 Å². The Hall–Kier alpha value is -1.90. The van der Waals surface area contributed by atoms with Crippen LogP contribution < -0.4 is 0 Å². The van der Waals surface area contributed by atoms with E-state index in [9.17, 15) is 4.79 Å². The van der Waals surface area contributed by atoms with Gasteiger partial charge < -0.3 is 5.01 Å². The highest BCUT2D eigenvalue weighted by Crippen LogP contribution is 2.67. The van der Waals surface area contributed by atoms with Gasteiger partial charge in [-0.1, -0.05) is 42.5 Å². The Kier molecular flexibility index (Phi) is 3.40. The average molecular weight is 308 g/mol. The summed E-state index contributed by atoms with van der Waals surface area (Å²) in [4.78, 5) is 13.3. The summed E-state index contributed by atoms with van der Waals surface area (Å²) in [7, 11) is 3.83. The summed E-state index contributed by atoms with van der Waals surface area (Å²) >= 11 is 0. The summed E-state index contributed by atoms with van der Waals surface area (Å²) in [6, 6.07) is 10.1. The van der Waals surface area contributed by atoms with Crippen molar-refractivity contribution in [2.45, 2.75) is 25.7 Å². The number of hydrogen-bond donors (Lipinski definition) is 0. The van der Waals surface area contributed by atoms with Crippen molar-refractivity contribution >= 4 is 11.5 Å². The van der Waals surface area contributed by atoms with Crippen LogP contribution in [-0.4, -0.2) is 30.6 Å². The van der Waals surface area contributed by atoms with Crippen molar-refractivity contribution in [2.75, 3.05) is 14.1 Å². The third-order valence-corrected chi connectivity index (χ3v) is 6.10. The number of nitrogens with zero attached hydrogens (tertiary/aromatic N) is 2. The van der Waals surface area contributed by atoms with Crippen molar-refractivity contribution in [3.05, 3.63) is 48.0 Å². The van der Waals surface area contributed by atoms with Crippen LogP contribution in [0, 0.1) is 23.2 Å². The van der Waals surface area contributed by atoms with Crippen molar-refractivity contribution in [1.82, 2.24) is 5.01 Å². The molecule has 2 saturated carbocycles. The summed E-state index contributed by atoms with van der Waals surface area (Å²) in [5.74, 6) is 2.15. The van der Waals surface area contributed by atoms with Gasteiger partial charge in [-0.25, -0.2) is 0 Å². The fourth-order valence-electron chi connectivity index (χ4n) is 5.02. The van der Waals surface area contributed by atoms with Gasteiger partial charge in [0.25, 0.3) is 0 Å². The number of ketones is 1. The van der Waals surface area contributed by atoms with Crippen LogP contribution in [0.5, 0.6) is 0 Å². The molecular weight excluding hydrogens is 284 g/mol. The highest BCUT2D eigenvalue weighted by atomic mass is 16.1. The standard InChI is InChI=1S/C20H24N2O/c1-22(2)21-18(14-6-4-3-5-7-14)13-19(23)20-11-10-17(20)15-8-9-16(20)12-15/h3-9,15-17H,10-13H2,1-2H3/b21-18-/t15-,16+,17+,20+/m1/s1. The zero-order valence-corrected chi connectivity index (χ0v) is 13.9. The van der Waals surface area contributed by atoms with E-state index in [2.05, 4.69) is 17.3 Å². The van der Waals surface area contributed by atoms with Crippen LogP contribution in [0.1, 0.15) is 31.2 Å². The Morgan fingerprint density at radius 2 is 2.04 bits per heavy atom. The topological polar surface area (TPSA) is 32.7 Å². The highest BCUT2D eigenvalue weighted by Gasteiger charge is 2.64. The average Bonchev–Trinajstić information content (AvgIpc) is 3.02. The minimum atomic E-state index is -0.0682. The van der Waals surface area contributed by atoms with Gasteiger partial charge in [-0.15, -0.1) is 0 Å². The fourth-order valence-corrected chi connectivity index (χ4v) is 5.02. The molecule has 1 aromatic rings. The number of carbonyl (C=O) groups is 1. The summed E-state index contributed by atoms with van der Waals surface area (Å²) in [6.45, 7) is 0. The van der Waals surface area contributed by atoms with Crippen molar-refractivity contribution in [3.8, 4) is 0 Å². The van der Waals surface area contributed by atoms with Crippen molar-refractivity contribution in [1.29, 1.82) is 0 Å². The van der Waals surface area contributed by atoms with Gasteiger partial charge in [0.2, 0.25) is 0 Å². The lowest BCUT2D eigenvalue weighted by atomic mass is 9.53. The second-order valence-corrected chi connectivity index (χ2v) is 7.44.